The number of rotatable bonds is 2. The molecule has 0 saturated carbocycles. The SMILES string of the molecule is C=CC(=O)c1cccs1.Oc1ccccc1. The van der Waals surface area contributed by atoms with Gasteiger partial charge in [-0.25, -0.2) is 0 Å². The minimum absolute atomic E-state index is 0.00463. The van der Waals surface area contributed by atoms with Crippen molar-refractivity contribution in [2.75, 3.05) is 0 Å². The summed E-state index contributed by atoms with van der Waals surface area (Å²) in [6.07, 6.45) is 1.33. The number of benzene rings is 1. The monoisotopic (exact) mass is 232 g/mol. The van der Waals surface area contributed by atoms with Crippen LogP contribution in [0.3, 0.4) is 0 Å². The van der Waals surface area contributed by atoms with Gasteiger partial charge in [-0.1, -0.05) is 30.8 Å². The van der Waals surface area contributed by atoms with Gasteiger partial charge in [-0.2, -0.15) is 0 Å². The van der Waals surface area contributed by atoms with Crippen LogP contribution < -0.4 is 0 Å². The van der Waals surface area contributed by atoms with E-state index in [-0.39, 0.29) is 5.78 Å². The van der Waals surface area contributed by atoms with Gasteiger partial charge in [0.2, 0.25) is 0 Å². The predicted molar refractivity (Wildman–Crippen MR) is 67.0 cm³/mol. The van der Waals surface area contributed by atoms with Crippen molar-refractivity contribution < 1.29 is 9.90 Å². The molecule has 2 nitrogen and oxygen atoms in total. The zero-order valence-electron chi connectivity index (χ0n) is 8.67. The molecule has 0 bridgehead atoms. The summed E-state index contributed by atoms with van der Waals surface area (Å²) in [4.78, 5) is 11.5. The van der Waals surface area contributed by atoms with Gasteiger partial charge in [-0.15, -0.1) is 11.3 Å². The summed E-state index contributed by atoms with van der Waals surface area (Å²) in [5, 5.41) is 10.5. The Balaban J connectivity index is 0.000000165. The fourth-order valence-corrected chi connectivity index (χ4v) is 1.61. The number of carbonyl (C=O) groups excluding carboxylic acids is 1. The molecule has 0 atom stereocenters. The molecule has 0 amide bonds. The first-order chi connectivity index (χ1) is 7.74. The third-order valence-corrected chi connectivity index (χ3v) is 2.59. The highest BCUT2D eigenvalue weighted by molar-refractivity contribution is 7.12. The van der Waals surface area contributed by atoms with Gasteiger partial charge < -0.3 is 5.11 Å². The van der Waals surface area contributed by atoms with Gasteiger partial charge in [0, 0.05) is 0 Å². The van der Waals surface area contributed by atoms with Crippen molar-refractivity contribution in [1.29, 1.82) is 0 Å². The largest absolute Gasteiger partial charge is 0.508 e. The number of thiophene rings is 1. The second-order valence-corrected chi connectivity index (χ2v) is 3.83. The molecule has 0 aliphatic carbocycles. The number of phenolic OH excluding ortho intramolecular Hbond substituents is 1. The number of hydrogen-bond donors (Lipinski definition) is 1. The topological polar surface area (TPSA) is 37.3 Å². The first kappa shape index (κ1) is 12.2. The Morgan fingerprint density at radius 3 is 2.25 bits per heavy atom. The molecule has 1 aromatic heterocycles. The van der Waals surface area contributed by atoms with Crippen LogP contribution in [0.5, 0.6) is 5.75 Å². The third kappa shape index (κ3) is 4.11. The van der Waals surface area contributed by atoms with E-state index in [1.165, 1.54) is 17.4 Å². The molecule has 0 radical (unpaired) electrons. The highest BCUT2D eigenvalue weighted by Crippen LogP contribution is 2.08. The first-order valence-electron chi connectivity index (χ1n) is 4.68. The summed E-state index contributed by atoms with van der Waals surface area (Å²) in [7, 11) is 0. The van der Waals surface area contributed by atoms with Crippen molar-refractivity contribution in [3.63, 3.8) is 0 Å². The number of phenols is 1. The summed E-state index contributed by atoms with van der Waals surface area (Å²) in [5.74, 6) is 0.326. The fourth-order valence-electron chi connectivity index (χ4n) is 0.947. The summed E-state index contributed by atoms with van der Waals surface area (Å²) < 4.78 is 0. The van der Waals surface area contributed by atoms with Crippen LogP contribution in [0.15, 0.2) is 60.5 Å². The van der Waals surface area contributed by atoms with E-state index in [9.17, 15) is 4.79 Å². The molecule has 0 spiro atoms. The second kappa shape index (κ2) is 6.58. The van der Waals surface area contributed by atoms with Gasteiger partial charge in [0.15, 0.2) is 5.78 Å². The number of allylic oxidation sites excluding steroid dienone is 1. The summed E-state index contributed by atoms with van der Waals surface area (Å²) in [5.41, 5.74) is 0. The Hall–Kier alpha value is -1.87. The molecular weight excluding hydrogens is 220 g/mol. The zero-order chi connectivity index (χ0) is 11.8. The zero-order valence-corrected chi connectivity index (χ0v) is 9.48. The van der Waals surface area contributed by atoms with E-state index in [4.69, 9.17) is 5.11 Å². The molecule has 16 heavy (non-hydrogen) atoms. The van der Waals surface area contributed by atoms with E-state index < -0.39 is 0 Å². The van der Waals surface area contributed by atoms with Crippen molar-refractivity contribution in [2.45, 2.75) is 0 Å². The van der Waals surface area contributed by atoms with Crippen LogP contribution >= 0.6 is 11.3 Å². The quantitative estimate of drug-likeness (QED) is 0.635. The molecule has 0 aliphatic rings. The smallest absolute Gasteiger partial charge is 0.195 e. The van der Waals surface area contributed by atoms with Gasteiger partial charge >= 0.3 is 0 Å². The highest BCUT2D eigenvalue weighted by Gasteiger charge is 1.98. The number of hydrogen-bond acceptors (Lipinski definition) is 3. The average molecular weight is 232 g/mol. The van der Waals surface area contributed by atoms with E-state index >= 15 is 0 Å². The van der Waals surface area contributed by atoms with Crippen molar-refractivity contribution in [1.82, 2.24) is 0 Å². The maximum atomic E-state index is 10.8. The van der Waals surface area contributed by atoms with E-state index in [2.05, 4.69) is 6.58 Å². The molecule has 1 aromatic carbocycles. The molecule has 0 unspecified atom stereocenters. The van der Waals surface area contributed by atoms with E-state index in [1.54, 1.807) is 30.3 Å². The third-order valence-electron chi connectivity index (χ3n) is 1.71. The lowest BCUT2D eigenvalue weighted by atomic mass is 10.3. The van der Waals surface area contributed by atoms with Crippen molar-refractivity contribution >= 4 is 17.1 Å². The molecule has 0 aliphatic heterocycles. The lowest BCUT2D eigenvalue weighted by Gasteiger charge is -1.82. The molecule has 2 aromatic rings. The van der Waals surface area contributed by atoms with Crippen LogP contribution in [-0.4, -0.2) is 10.9 Å². The molecule has 2 rings (SSSR count). The van der Waals surface area contributed by atoms with E-state index in [0.717, 1.165) is 4.88 Å². The van der Waals surface area contributed by atoms with Crippen molar-refractivity contribution in [3.05, 3.63) is 65.4 Å². The minimum Gasteiger partial charge on any atom is -0.508 e. The minimum atomic E-state index is 0.00463. The van der Waals surface area contributed by atoms with Gasteiger partial charge in [0.25, 0.3) is 0 Å². The molecule has 82 valence electrons. The summed E-state index contributed by atoms with van der Waals surface area (Å²) >= 11 is 1.43. The van der Waals surface area contributed by atoms with Crippen molar-refractivity contribution in [2.24, 2.45) is 0 Å². The highest BCUT2D eigenvalue weighted by atomic mass is 32.1. The molecule has 1 heterocycles. The number of para-hydroxylation sites is 1. The maximum Gasteiger partial charge on any atom is 0.195 e. The summed E-state index contributed by atoms with van der Waals surface area (Å²) in [6, 6.07) is 12.3. The van der Waals surface area contributed by atoms with Gasteiger partial charge in [0.05, 0.1) is 4.88 Å². The Morgan fingerprint density at radius 2 is 1.88 bits per heavy atom. The van der Waals surface area contributed by atoms with E-state index in [1.807, 2.05) is 17.5 Å². The lowest BCUT2D eigenvalue weighted by molar-refractivity contribution is 0.105. The summed E-state index contributed by atoms with van der Waals surface area (Å²) in [6.45, 7) is 3.37. The van der Waals surface area contributed by atoms with Gasteiger partial charge in [-0.3, -0.25) is 4.79 Å². The molecular formula is C13H12O2S. The second-order valence-electron chi connectivity index (χ2n) is 2.88. The Bertz CT molecular complexity index is 432. The molecule has 0 saturated heterocycles. The van der Waals surface area contributed by atoms with Crippen LogP contribution in [0.4, 0.5) is 0 Å². The maximum absolute atomic E-state index is 10.8. The van der Waals surface area contributed by atoms with Crippen LogP contribution in [0, 0.1) is 0 Å². The predicted octanol–water partition coefficient (Wildman–Crippen LogP) is 3.51. The Morgan fingerprint density at radius 1 is 1.19 bits per heavy atom. The van der Waals surface area contributed by atoms with Gasteiger partial charge in [0.1, 0.15) is 5.75 Å². The van der Waals surface area contributed by atoms with Crippen molar-refractivity contribution in [3.8, 4) is 5.75 Å². The Labute approximate surface area is 98.5 Å². The standard InChI is InChI=1S/C7H6OS.C6H6O/c1-2-6(8)7-4-3-5-9-7;7-6-4-2-1-3-5-6/h2-5H,1H2;1-5,7H. The van der Waals surface area contributed by atoms with Crippen LogP contribution in [-0.2, 0) is 0 Å². The fraction of sp³-hybridized carbons (Fsp3) is 0. The normalized spacial score (nSPS) is 8.75. The van der Waals surface area contributed by atoms with Crippen LogP contribution in [0.25, 0.3) is 0 Å². The van der Waals surface area contributed by atoms with E-state index in [0.29, 0.717) is 5.75 Å². The lowest BCUT2D eigenvalue weighted by Crippen LogP contribution is -1.86. The molecule has 3 heteroatoms. The Kier molecular flexibility index (Phi) is 5.02. The number of carbonyl (C=O) groups is 1. The number of ketones is 1. The molecule has 0 fully saturated rings. The van der Waals surface area contributed by atoms with Gasteiger partial charge in [-0.05, 0) is 29.7 Å². The van der Waals surface area contributed by atoms with Crippen LogP contribution in [0.1, 0.15) is 9.67 Å². The van der Waals surface area contributed by atoms with Crippen LogP contribution in [0.2, 0.25) is 0 Å². The average Bonchev–Trinajstić information content (AvgIpc) is 2.83. The first-order valence-corrected chi connectivity index (χ1v) is 5.56. The number of aromatic hydroxyl groups is 1. The molecule has 1 N–H and O–H groups in total.